The highest BCUT2D eigenvalue weighted by molar-refractivity contribution is 7.13. The Bertz CT molecular complexity index is 1670. The first-order valence-electron chi connectivity index (χ1n) is 11.0. The zero-order valence-corrected chi connectivity index (χ0v) is 20.4. The molecule has 1 atom stereocenters. The van der Waals surface area contributed by atoms with E-state index in [1.54, 1.807) is 28.6 Å². The third-order valence-corrected chi connectivity index (χ3v) is 7.30. The normalized spacial score (nSPS) is 15.1. The van der Waals surface area contributed by atoms with Gasteiger partial charge in [-0.2, -0.15) is 9.47 Å². The zero-order chi connectivity index (χ0) is 25.0. The van der Waals surface area contributed by atoms with Crippen molar-refractivity contribution in [3.05, 3.63) is 88.7 Å². The zero-order valence-electron chi connectivity index (χ0n) is 18.8. The second-order valence-corrected chi connectivity index (χ2v) is 9.68. The summed E-state index contributed by atoms with van der Waals surface area (Å²) in [5.74, 6) is -1.14. The van der Waals surface area contributed by atoms with Crippen LogP contribution in [-0.2, 0) is 18.4 Å². The fourth-order valence-electron chi connectivity index (χ4n) is 4.55. The van der Waals surface area contributed by atoms with Crippen LogP contribution in [0.4, 0.5) is 10.1 Å². The second-order valence-electron chi connectivity index (χ2n) is 8.47. The Labute approximate surface area is 213 Å². The van der Waals surface area contributed by atoms with E-state index in [0.29, 0.717) is 33.4 Å². The monoisotopic (exact) mass is 520 g/mol. The van der Waals surface area contributed by atoms with Gasteiger partial charge in [0.1, 0.15) is 18.1 Å². The van der Waals surface area contributed by atoms with Gasteiger partial charge < -0.3 is 15.2 Å². The van der Waals surface area contributed by atoms with E-state index in [2.05, 4.69) is 20.1 Å². The quantitative estimate of drug-likeness (QED) is 0.357. The first kappa shape index (κ1) is 22.4. The highest BCUT2D eigenvalue weighted by Gasteiger charge is 2.34. The summed E-state index contributed by atoms with van der Waals surface area (Å²) in [6.45, 7) is 0.0124. The minimum atomic E-state index is -0.789. The lowest BCUT2D eigenvalue weighted by atomic mass is 10.0. The van der Waals surface area contributed by atoms with Crippen molar-refractivity contribution in [3.63, 3.8) is 0 Å². The summed E-state index contributed by atoms with van der Waals surface area (Å²) in [5, 5.41) is 11.2. The molecule has 0 radical (unpaired) electrons. The van der Waals surface area contributed by atoms with Crippen LogP contribution in [0.3, 0.4) is 0 Å². The number of carbonyl (C=O) groups excluding carboxylic acids is 2. The number of hydrogen-bond acceptors (Lipinski definition) is 5. The van der Waals surface area contributed by atoms with Crippen LogP contribution in [0.15, 0.2) is 60.9 Å². The lowest BCUT2D eigenvalue weighted by Crippen LogP contribution is -2.39. The molecular formula is C25H18ClFN6O2S. The Morgan fingerprint density at radius 3 is 2.89 bits per heavy atom. The first-order valence-corrected chi connectivity index (χ1v) is 12.2. The molecule has 1 unspecified atom stereocenters. The Morgan fingerprint density at radius 2 is 2.08 bits per heavy atom. The molecule has 2 amide bonds. The number of amides is 2. The van der Waals surface area contributed by atoms with E-state index in [9.17, 15) is 14.0 Å². The molecule has 0 saturated carbocycles. The molecule has 4 heterocycles. The predicted octanol–water partition coefficient (Wildman–Crippen LogP) is 4.76. The topological polar surface area (TPSA) is 93.8 Å². The molecule has 2 N–H and O–H groups in total. The van der Waals surface area contributed by atoms with Gasteiger partial charge in [0, 0.05) is 34.8 Å². The number of nitrogens with zero attached hydrogens (tertiary/aromatic N) is 4. The molecular weight excluding hydrogens is 503 g/mol. The average Bonchev–Trinajstić information content (AvgIpc) is 3.57. The number of benzene rings is 2. The van der Waals surface area contributed by atoms with Gasteiger partial charge in [0.2, 0.25) is 5.91 Å². The molecule has 2 aromatic carbocycles. The van der Waals surface area contributed by atoms with Gasteiger partial charge in [0.25, 0.3) is 5.91 Å². The number of halogens is 2. The molecule has 0 spiro atoms. The second kappa shape index (κ2) is 8.58. The van der Waals surface area contributed by atoms with Gasteiger partial charge in [-0.05, 0) is 41.9 Å². The van der Waals surface area contributed by atoms with Gasteiger partial charge in [-0.15, -0.1) is 0 Å². The summed E-state index contributed by atoms with van der Waals surface area (Å²) in [6.07, 6.45) is 3.50. The van der Waals surface area contributed by atoms with Crippen LogP contribution in [0, 0.1) is 5.82 Å². The Morgan fingerprint density at radius 1 is 1.25 bits per heavy atom. The van der Waals surface area contributed by atoms with Crippen molar-refractivity contribution in [2.24, 2.45) is 7.05 Å². The minimum Gasteiger partial charge on any atom is -0.342 e. The number of aryl methyl sites for hydroxylation is 1. The summed E-state index contributed by atoms with van der Waals surface area (Å²) < 4.78 is 22.9. The van der Waals surface area contributed by atoms with Crippen molar-refractivity contribution in [2.75, 3.05) is 5.32 Å². The predicted molar refractivity (Wildman–Crippen MR) is 136 cm³/mol. The van der Waals surface area contributed by atoms with Crippen molar-refractivity contribution in [2.45, 2.75) is 12.6 Å². The largest absolute Gasteiger partial charge is 0.342 e. The molecule has 36 heavy (non-hydrogen) atoms. The standard InChI is InChI=1S/C25H18ClFN6O2S/c1-32-11-13(10-28-32)19-9-18(29-25(35)23-15-4-2-3-5-20(15)36-31-23)24-22(30-21(34)12-33(19)24)16-8-14(27)6-7-17(16)26/h2-11,22H,12H2,1H3,(H,29,35)(H,30,34). The summed E-state index contributed by atoms with van der Waals surface area (Å²) >= 11 is 7.68. The molecule has 1 aliphatic rings. The molecule has 6 rings (SSSR count). The van der Waals surface area contributed by atoms with Gasteiger partial charge in [-0.3, -0.25) is 14.3 Å². The third kappa shape index (κ3) is 3.75. The van der Waals surface area contributed by atoms with Gasteiger partial charge in [0.05, 0.1) is 34.0 Å². The van der Waals surface area contributed by atoms with E-state index >= 15 is 0 Å². The lowest BCUT2D eigenvalue weighted by molar-refractivity contribution is -0.123. The Hall–Kier alpha value is -4.02. The van der Waals surface area contributed by atoms with E-state index < -0.39 is 11.9 Å². The van der Waals surface area contributed by atoms with E-state index in [4.69, 9.17) is 11.6 Å². The van der Waals surface area contributed by atoms with Crippen LogP contribution < -0.4 is 10.6 Å². The van der Waals surface area contributed by atoms with Crippen LogP contribution in [0.25, 0.3) is 21.3 Å². The number of carbonyl (C=O) groups is 2. The number of aromatic nitrogens is 4. The van der Waals surface area contributed by atoms with E-state index in [1.165, 1.54) is 29.7 Å². The average molecular weight is 521 g/mol. The number of fused-ring (bicyclic) bond motifs is 2. The minimum absolute atomic E-state index is 0.0124. The van der Waals surface area contributed by atoms with Gasteiger partial charge in [-0.25, -0.2) is 4.39 Å². The van der Waals surface area contributed by atoms with Crippen LogP contribution in [0.5, 0.6) is 0 Å². The molecule has 0 aliphatic carbocycles. The molecule has 5 aromatic rings. The van der Waals surface area contributed by atoms with Crippen molar-refractivity contribution in [1.29, 1.82) is 0 Å². The highest BCUT2D eigenvalue weighted by Crippen LogP contribution is 2.40. The van der Waals surface area contributed by atoms with Crippen LogP contribution >= 0.6 is 23.1 Å². The summed E-state index contributed by atoms with van der Waals surface area (Å²) in [4.78, 5) is 26.2. The van der Waals surface area contributed by atoms with E-state index in [1.807, 2.05) is 30.5 Å². The fraction of sp³-hybridized carbons (Fsp3) is 0.120. The Kier molecular flexibility index (Phi) is 5.35. The molecule has 11 heteroatoms. The molecule has 1 aliphatic heterocycles. The van der Waals surface area contributed by atoms with Crippen molar-refractivity contribution >= 4 is 50.7 Å². The number of rotatable bonds is 4. The summed E-state index contributed by atoms with van der Waals surface area (Å²) in [5.41, 5.74) is 3.17. The SMILES string of the molecule is Cn1cc(-c2cc(NC(=O)c3nsc4ccccc34)c3n2CC(=O)NC3c2cc(F)ccc2Cl)cn1. The van der Waals surface area contributed by atoms with E-state index in [-0.39, 0.29) is 18.4 Å². The van der Waals surface area contributed by atoms with Crippen molar-refractivity contribution in [3.8, 4) is 11.3 Å². The van der Waals surface area contributed by atoms with Crippen molar-refractivity contribution in [1.82, 2.24) is 24.0 Å². The fourth-order valence-corrected chi connectivity index (χ4v) is 5.55. The maximum atomic E-state index is 14.2. The lowest BCUT2D eigenvalue weighted by Gasteiger charge is -2.29. The number of hydrogen-bond donors (Lipinski definition) is 2. The molecule has 8 nitrogen and oxygen atoms in total. The van der Waals surface area contributed by atoms with Crippen LogP contribution in [0.2, 0.25) is 5.02 Å². The molecule has 0 saturated heterocycles. The van der Waals surface area contributed by atoms with Gasteiger partial charge >= 0.3 is 0 Å². The van der Waals surface area contributed by atoms with Gasteiger partial charge in [0.15, 0.2) is 0 Å². The van der Waals surface area contributed by atoms with E-state index in [0.717, 1.165) is 15.6 Å². The molecule has 3 aromatic heterocycles. The smallest absolute Gasteiger partial charge is 0.276 e. The highest BCUT2D eigenvalue weighted by atomic mass is 35.5. The van der Waals surface area contributed by atoms with Crippen LogP contribution in [0.1, 0.15) is 27.8 Å². The molecule has 0 bridgehead atoms. The first-order chi connectivity index (χ1) is 17.4. The van der Waals surface area contributed by atoms with Gasteiger partial charge in [-0.1, -0.05) is 29.8 Å². The number of anilines is 1. The maximum Gasteiger partial charge on any atom is 0.276 e. The number of nitrogens with one attached hydrogen (secondary N) is 2. The van der Waals surface area contributed by atoms with Crippen molar-refractivity contribution < 1.29 is 14.0 Å². The summed E-state index contributed by atoms with van der Waals surface area (Å²) in [6, 6.07) is 12.5. The maximum absolute atomic E-state index is 14.2. The Balaban J connectivity index is 1.51. The third-order valence-electron chi connectivity index (χ3n) is 6.13. The molecule has 0 fully saturated rings. The molecule has 180 valence electrons. The summed E-state index contributed by atoms with van der Waals surface area (Å²) in [7, 11) is 1.79. The van der Waals surface area contributed by atoms with Crippen LogP contribution in [-0.4, -0.2) is 30.5 Å².